The predicted molar refractivity (Wildman–Crippen MR) is 78.3 cm³/mol. The van der Waals surface area contributed by atoms with Gasteiger partial charge in [0.2, 0.25) is 5.91 Å². The van der Waals surface area contributed by atoms with Crippen molar-refractivity contribution in [1.29, 1.82) is 0 Å². The van der Waals surface area contributed by atoms with Crippen LogP contribution in [0.1, 0.15) is 12.0 Å². The van der Waals surface area contributed by atoms with Gasteiger partial charge >= 0.3 is 0 Å². The summed E-state index contributed by atoms with van der Waals surface area (Å²) in [6.45, 7) is 1.33. The van der Waals surface area contributed by atoms with Crippen LogP contribution >= 0.6 is 0 Å². The summed E-state index contributed by atoms with van der Waals surface area (Å²) in [4.78, 5) is 18.2. The number of carbonyl (C=O) groups is 1. The maximum Gasteiger partial charge on any atom is 0.227 e. The molecule has 0 spiro atoms. The van der Waals surface area contributed by atoms with Crippen LogP contribution in [0, 0.1) is 5.92 Å². The molecule has 2 rings (SSSR count). The molecule has 1 amide bonds. The van der Waals surface area contributed by atoms with E-state index in [9.17, 15) is 13.2 Å². The van der Waals surface area contributed by atoms with Crippen molar-refractivity contribution >= 4 is 15.7 Å². The SMILES string of the molecule is COCCN(Cc1ccncc1)C(=O)[C@@H]1CCS(=O)(=O)C1. The van der Waals surface area contributed by atoms with E-state index in [1.807, 2.05) is 12.1 Å². The summed E-state index contributed by atoms with van der Waals surface area (Å²) in [6.07, 6.45) is 3.77. The molecule has 0 unspecified atom stereocenters. The first-order chi connectivity index (χ1) is 10.0. The zero-order valence-corrected chi connectivity index (χ0v) is 12.9. The molecular weight excluding hydrogens is 292 g/mol. The van der Waals surface area contributed by atoms with Gasteiger partial charge in [-0.25, -0.2) is 8.42 Å². The molecule has 0 N–H and O–H groups in total. The number of aromatic nitrogens is 1. The van der Waals surface area contributed by atoms with E-state index in [1.54, 1.807) is 24.4 Å². The van der Waals surface area contributed by atoms with E-state index in [-0.39, 0.29) is 17.4 Å². The molecule has 0 aromatic carbocycles. The average Bonchev–Trinajstić information content (AvgIpc) is 2.84. The van der Waals surface area contributed by atoms with Crippen molar-refractivity contribution in [2.45, 2.75) is 13.0 Å². The van der Waals surface area contributed by atoms with Crippen molar-refractivity contribution in [3.05, 3.63) is 30.1 Å². The molecule has 2 heterocycles. The van der Waals surface area contributed by atoms with Gasteiger partial charge in [0, 0.05) is 32.6 Å². The lowest BCUT2D eigenvalue weighted by Crippen LogP contribution is -2.38. The van der Waals surface area contributed by atoms with E-state index in [0.29, 0.717) is 26.1 Å². The summed E-state index contributed by atoms with van der Waals surface area (Å²) < 4.78 is 28.1. The highest BCUT2D eigenvalue weighted by Gasteiger charge is 2.35. The van der Waals surface area contributed by atoms with Crippen LogP contribution in [0.4, 0.5) is 0 Å². The molecule has 6 nitrogen and oxygen atoms in total. The minimum atomic E-state index is -3.06. The van der Waals surface area contributed by atoms with Crippen LogP contribution in [-0.4, -0.2) is 56.0 Å². The second-order valence-corrected chi connectivity index (χ2v) is 7.44. The monoisotopic (exact) mass is 312 g/mol. The Morgan fingerprint density at radius 3 is 2.71 bits per heavy atom. The van der Waals surface area contributed by atoms with Gasteiger partial charge in [0.05, 0.1) is 24.0 Å². The molecule has 1 fully saturated rings. The topological polar surface area (TPSA) is 76.6 Å². The maximum absolute atomic E-state index is 12.5. The molecule has 21 heavy (non-hydrogen) atoms. The fourth-order valence-electron chi connectivity index (χ4n) is 2.43. The zero-order valence-electron chi connectivity index (χ0n) is 12.1. The van der Waals surface area contributed by atoms with Crippen molar-refractivity contribution in [3.63, 3.8) is 0 Å². The third-order valence-corrected chi connectivity index (χ3v) is 5.35. The fraction of sp³-hybridized carbons (Fsp3) is 0.571. The summed E-state index contributed by atoms with van der Waals surface area (Å²) >= 11 is 0. The number of carbonyl (C=O) groups excluding carboxylic acids is 1. The number of methoxy groups -OCH3 is 1. The normalized spacial score (nSPS) is 20.3. The Labute approximate surface area is 125 Å². The Morgan fingerprint density at radius 1 is 1.43 bits per heavy atom. The Hall–Kier alpha value is -1.47. The van der Waals surface area contributed by atoms with Gasteiger partial charge in [0.15, 0.2) is 9.84 Å². The van der Waals surface area contributed by atoms with Gasteiger partial charge < -0.3 is 9.64 Å². The molecule has 1 atom stereocenters. The van der Waals surface area contributed by atoms with Gasteiger partial charge in [-0.2, -0.15) is 0 Å². The smallest absolute Gasteiger partial charge is 0.227 e. The minimum Gasteiger partial charge on any atom is -0.383 e. The molecule has 1 aliphatic rings. The van der Waals surface area contributed by atoms with Crippen LogP contribution in [0.5, 0.6) is 0 Å². The minimum absolute atomic E-state index is 0.0361. The number of hydrogen-bond acceptors (Lipinski definition) is 5. The zero-order chi connectivity index (χ0) is 15.3. The van der Waals surface area contributed by atoms with Gasteiger partial charge in [-0.3, -0.25) is 9.78 Å². The number of rotatable bonds is 6. The third-order valence-electron chi connectivity index (χ3n) is 3.58. The summed E-state index contributed by atoms with van der Waals surface area (Å²) in [5.74, 6) is -0.457. The van der Waals surface area contributed by atoms with Crippen molar-refractivity contribution < 1.29 is 17.9 Å². The molecule has 116 valence electrons. The quantitative estimate of drug-likeness (QED) is 0.764. The van der Waals surface area contributed by atoms with Crippen molar-refractivity contribution in [1.82, 2.24) is 9.88 Å². The molecule has 0 bridgehead atoms. The van der Waals surface area contributed by atoms with Gasteiger partial charge in [-0.1, -0.05) is 0 Å². The number of sulfone groups is 1. The Bertz CT molecular complexity index is 574. The molecule has 1 aromatic rings. The van der Waals surface area contributed by atoms with Crippen molar-refractivity contribution in [2.75, 3.05) is 31.8 Å². The lowest BCUT2D eigenvalue weighted by Gasteiger charge is -2.25. The highest BCUT2D eigenvalue weighted by atomic mass is 32.2. The Kier molecular flexibility index (Phi) is 5.30. The number of ether oxygens (including phenoxy) is 1. The first-order valence-corrected chi connectivity index (χ1v) is 8.71. The molecule has 7 heteroatoms. The van der Waals surface area contributed by atoms with Gasteiger partial charge in [0.1, 0.15) is 0 Å². The number of nitrogens with zero attached hydrogens (tertiary/aromatic N) is 2. The second-order valence-electron chi connectivity index (χ2n) is 5.21. The van der Waals surface area contributed by atoms with E-state index < -0.39 is 15.8 Å². The van der Waals surface area contributed by atoms with E-state index in [4.69, 9.17) is 4.74 Å². The first-order valence-electron chi connectivity index (χ1n) is 6.89. The predicted octanol–water partition coefficient (Wildman–Crippen LogP) is 0.491. The maximum atomic E-state index is 12.5. The van der Waals surface area contributed by atoms with Gasteiger partial charge in [-0.05, 0) is 24.1 Å². The van der Waals surface area contributed by atoms with Crippen molar-refractivity contribution in [3.8, 4) is 0 Å². The van der Waals surface area contributed by atoms with E-state index in [0.717, 1.165) is 5.56 Å². The third kappa shape index (κ3) is 4.50. The fourth-order valence-corrected chi connectivity index (χ4v) is 4.16. The molecule has 1 aromatic heterocycles. The van der Waals surface area contributed by atoms with Gasteiger partial charge in [-0.15, -0.1) is 0 Å². The standard InChI is InChI=1S/C14H20N2O4S/c1-20-8-7-16(10-12-2-5-15-6-3-12)14(17)13-4-9-21(18,19)11-13/h2-3,5-6,13H,4,7-11H2,1H3/t13-/m1/s1. The Morgan fingerprint density at radius 2 is 2.14 bits per heavy atom. The molecular formula is C14H20N2O4S. The van der Waals surface area contributed by atoms with E-state index in [2.05, 4.69) is 4.98 Å². The lowest BCUT2D eigenvalue weighted by atomic mass is 10.1. The van der Waals surface area contributed by atoms with Crippen LogP contribution in [0.15, 0.2) is 24.5 Å². The highest BCUT2D eigenvalue weighted by Crippen LogP contribution is 2.21. The van der Waals surface area contributed by atoms with Crippen LogP contribution in [-0.2, 0) is 25.9 Å². The molecule has 0 saturated carbocycles. The summed E-state index contributed by atoms with van der Waals surface area (Å²) in [6, 6.07) is 3.69. The molecule has 1 aliphatic heterocycles. The molecule has 1 saturated heterocycles. The molecule has 0 aliphatic carbocycles. The first kappa shape index (κ1) is 15.9. The molecule has 0 radical (unpaired) electrons. The number of amides is 1. The summed E-state index contributed by atoms with van der Waals surface area (Å²) in [5.41, 5.74) is 0.968. The summed E-state index contributed by atoms with van der Waals surface area (Å²) in [7, 11) is -1.48. The average molecular weight is 312 g/mol. The Balaban J connectivity index is 2.06. The number of pyridine rings is 1. The van der Waals surface area contributed by atoms with Gasteiger partial charge in [0.25, 0.3) is 0 Å². The second kappa shape index (κ2) is 7.00. The van der Waals surface area contributed by atoms with Crippen LogP contribution in [0.3, 0.4) is 0 Å². The van der Waals surface area contributed by atoms with E-state index in [1.165, 1.54) is 0 Å². The highest BCUT2D eigenvalue weighted by molar-refractivity contribution is 7.91. The van der Waals surface area contributed by atoms with Crippen molar-refractivity contribution in [2.24, 2.45) is 5.92 Å². The van der Waals surface area contributed by atoms with Crippen LogP contribution in [0.2, 0.25) is 0 Å². The van der Waals surface area contributed by atoms with Crippen LogP contribution in [0.25, 0.3) is 0 Å². The lowest BCUT2D eigenvalue weighted by molar-refractivity contribution is -0.136. The van der Waals surface area contributed by atoms with Crippen LogP contribution < -0.4 is 0 Å². The largest absolute Gasteiger partial charge is 0.383 e. The summed E-state index contributed by atoms with van der Waals surface area (Å²) in [5, 5.41) is 0. The number of hydrogen-bond donors (Lipinski definition) is 0. The van der Waals surface area contributed by atoms with E-state index >= 15 is 0 Å².